The first-order valence-corrected chi connectivity index (χ1v) is 48.0. The van der Waals surface area contributed by atoms with E-state index in [0.717, 1.165) is 266 Å². The van der Waals surface area contributed by atoms with E-state index in [1.165, 1.54) is 0 Å². The third-order valence-electron chi connectivity index (χ3n) is 27.9. The molecule has 13 heterocycles. The molecule has 668 valence electrons. The van der Waals surface area contributed by atoms with Crippen LogP contribution in [0.15, 0.2) is 503 Å². The lowest BCUT2D eigenvalue weighted by Gasteiger charge is -2.13. The zero-order valence-electron chi connectivity index (χ0n) is 77.1. The van der Waals surface area contributed by atoms with Gasteiger partial charge in [0, 0.05) is 149 Å². The van der Waals surface area contributed by atoms with Gasteiger partial charge in [0.25, 0.3) is 0 Å². The van der Waals surface area contributed by atoms with E-state index < -0.39 is 0 Å². The first kappa shape index (κ1) is 82.9. The first-order valence-electron chi connectivity index (χ1n) is 48.0. The van der Waals surface area contributed by atoms with Gasteiger partial charge in [-0.1, -0.05) is 224 Å². The highest BCUT2D eigenvalue weighted by atomic mass is 16.3. The standard InChI is InChI=1S/C80H50N6O.C50H32N6/c1-5-21-61(71-25-9-13-41-81-71)57(17-1)51-29-35-75-65(45-51)66-46-52(58-18-2-6-22-62(58)72-26-10-14-42-82-72)30-36-76(66)85(75)55-33-39-79-69(49-55)70-50-56(34-40-80(70)87-79)86-77-37-31-53(59-19-3-7-23-63(59)73-27-11-15-43-83-73)47-67(77)68-48-54(32-38-78(68)86)60-20-4-8-24-64(60)74-28-12-16-44-84-74;1-3-16-39(43-18-5-7-26-51-43)37(14-1)33-22-24-45-41(30-33)49-47(20-10-28-53-49)55(45)35-12-9-13-36(32-35)56-46-25-23-34(31-42(46)50-48(56)21-11-29-54-50)38-15-2-4-17-40(38)44-19-6-8-27-52-44/h1-50H;1-32H. The summed E-state index contributed by atoms with van der Waals surface area (Å²) in [6, 6.07) is 159. The van der Waals surface area contributed by atoms with Crippen LogP contribution in [0.5, 0.6) is 0 Å². The summed E-state index contributed by atoms with van der Waals surface area (Å²) in [4.78, 5) is 38.3. The van der Waals surface area contributed by atoms with Gasteiger partial charge in [-0.25, -0.2) is 0 Å². The van der Waals surface area contributed by atoms with Gasteiger partial charge in [0.15, 0.2) is 0 Å². The van der Waals surface area contributed by atoms with Gasteiger partial charge in [-0.15, -0.1) is 0 Å². The highest BCUT2D eigenvalue weighted by Crippen LogP contribution is 2.48. The molecule has 13 heteroatoms. The molecule has 0 aliphatic carbocycles. The zero-order chi connectivity index (χ0) is 94.4. The van der Waals surface area contributed by atoms with E-state index >= 15 is 0 Å². The number of furan rings is 1. The Hall–Kier alpha value is -19.5. The second-order valence-corrected chi connectivity index (χ2v) is 36.0. The predicted octanol–water partition coefficient (Wildman–Crippen LogP) is 32.8. The molecule has 13 aromatic heterocycles. The number of fused-ring (bicyclic) bond motifs is 15. The first-order chi connectivity index (χ1) is 70.9. The molecule has 0 atom stereocenters. The molecule has 0 saturated carbocycles. The van der Waals surface area contributed by atoms with Gasteiger partial charge in [0.2, 0.25) is 0 Å². The lowest BCUT2D eigenvalue weighted by molar-refractivity contribution is 0.669. The average Bonchev–Trinajstić information content (AvgIpc) is 1.57. The van der Waals surface area contributed by atoms with Gasteiger partial charge in [-0.05, 0) is 291 Å². The summed E-state index contributed by atoms with van der Waals surface area (Å²) in [5.41, 5.74) is 42.1. The van der Waals surface area contributed by atoms with Crippen LogP contribution in [0, 0.1) is 0 Å². The van der Waals surface area contributed by atoms with Crippen LogP contribution in [0.25, 0.3) is 266 Å². The summed E-state index contributed by atoms with van der Waals surface area (Å²) in [6.07, 6.45) is 14.9. The summed E-state index contributed by atoms with van der Waals surface area (Å²) in [5.74, 6) is 0. The second-order valence-electron chi connectivity index (χ2n) is 36.0. The largest absolute Gasteiger partial charge is 0.456 e. The SMILES string of the molecule is c1ccc(-c2ccccc2-c2ccc3c(c2)c2cc(-c4ccccc4-c4ccccn4)ccc2n3-c2ccc3oc4ccc(-n5c6ccc(-c7ccccc7-c7ccccn7)cc6c6cc(-c7ccccc7-c7ccccn7)ccc65)cc4c3c2)nc1.c1ccc(-c2ccccc2-c2ccc3c(c2)c2ncccc2n3-c2cccc(-n3c4ccc(-c5ccccc5-c5ccccn5)cc4c4ncccc43)c2)nc1. The van der Waals surface area contributed by atoms with E-state index in [-0.39, 0.29) is 0 Å². The van der Waals surface area contributed by atoms with E-state index in [9.17, 15) is 0 Å². The number of pyridine rings is 8. The summed E-state index contributed by atoms with van der Waals surface area (Å²) in [6.45, 7) is 0. The van der Waals surface area contributed by atoms with Gasteiger partial charge in [-0.2, -0.15) is 0 Å². The Kier molecular flexibility index (Phi) is 20.3. The van der Waals surface area contributed by atoms with Crippen LogP contribution < -0.4 is 0 Å². The third kappa shape index (κ3) is 14.5. The number of hydrogen-bond acceptors (Lipinski definition) is 9. The lowest BCUT2D eigenvalue weighted by atomic mass is 9.94. The Morgan fingerprint density at radius 2 is 0.364 bits per heavy atom. The topological polar surface area (TPSA) is 136 Å². The third-order valence-corrected chi connectivity index (χ3v) is 27.9. The molecule has 28 aromatic rings. The predicted molar refractivity (Wildman–Crippen MR) is 585 cm³/mol. The van der Waals surface area contributed by atoms with E-state index in [4.69, 9.17) is 34.3 Å². The van der Waals surface area contributed by atoms with Crippen molar-refractivity contribution < 1.29 is 4.42 Å². The molecule has 15 aromatic carbocycles. The van der Waals surface area contributed by atoms with Gasteiger partial charge < -0.3 is 22.7 Å². The van der Waals surface area contributed by atoms with Crippen LogP contribution in [0.4, 0.5) is 0 Å². The number of aromatic nitrogens is 12. The van der Waals surface area contributed by atoms with Crippen molar-refractivity contribution in [1.82, 2.24) is 58.1 Å². The maximum absolute atomic E-state index is 6.76. The van der Waals surface area contributed by atoms with Crippen molar-refractivity contribution in [2.24, 2.45) is 0 Å². The summed E-state index contributed by atoms with van der Waals surface area (Å²) in [5, 5.41) is 8.84. The van der Waals surface area contributed by atoms with Crippen LogP contribution in [-0.4, -0.2) is 58.1 Å². The molecular weight excluding hydrogens is 1750 g/mol. The molecule has 0 amide bonds. The monoisotopic (exact) mass is 1830 g/mol. The van der Waals surface area contributed by atoms with Crippen LogP contribution in [0.3, 0.4) is 0 Å². The number of hydrogen-bond donors (Lipinski definition) is 0. The maximum Gasteiger partial charge on any atom is 0.135 e. The summed E-state index contributed by atoms with van der Waals surface area (Å²) in [7, 11) is 0. The van der Waals surface area contributed by atoms with Crippen molar-refractivity contribution >= 4 is 109 Å². The number of nitrogens with zero attached hydrogens (tertiary/aromatic N) is 12. The minimum atomic E-state index is 0.822. The van der Waals surface area contributed by atoms with Crippen molar-refractivity contribution in [3.05, 3.63) is 498 Å². The van der Waals surface area contributed by atoms with Crippen molar-refractivity contribution in [2.45, 2.75) is 0 Å². The Labute approximate surface area is 821 Å². The molecule has 13 nitrogen and oxygen atoms in total. The van der Waals surface area contributed by atoms with Crippen molar-refractivity contribution in [3.8, 4) is 157 Å². The Morgan fingerprint density at radius 1 is 0.140 bits per heavy atom. The minimum Gasteiger partial charge on any atom is -0.456 e. The molecule has 28 rings (SSSR count). The number of benzene rings is 15. The molecule has 0 radical (unpaired) electrons. The van der Waals surface area contributed by atoms with E-state index in [1.807, 2.05) is 135 Å². The van der Waals surface area contributed by atoms with Crippen LogP contribution in [0.1, 0.15) is 0 Å². The molecule has 0 bridgehead atoms. The Bertz CT molecular complexity index is 9020. The van der Waals surface area contributed by atoms with Crippen LogP contribution in [0.2, 0.25) is 0 Å². The van der Waals surface area contributed by atoms with E-state index in [2.05, 4.69) is 392 Å². The Balaban J connectivity index is 0.000000157. The molecule has 0 unspecified atom stereocenters. The smallest absolute Gasteiger partial charge is 0.135 e. The normalized spacial score (nSPS) is 11.6. The molecule has 0 spiro atoms. The number of rotatable bonds is 16. The molecule has 0 saturated heterocycles. The van der Waals surface area contributed by atoms with Gasteiger partial charge in [0.1, 0.15) is 11.2 Å². The maximum atomic E-state index is 6.76. The molecule has 143 heavy (non-hydrogen) atoms. The van der Waals surface area contributed by atoms with Crippen molar-refractivity contribution in [2.75, 3.05) is 0 Å². The molecule has 0 aliphatic heterocycles. The van der Waals surface area contributed by atoms with Crippen LogP contribution in [-0.2, 0) is 0 Å². The van der Waals surface area contributed by atoms with Crippen molar-refractivity contribution in [1.29, 1.82) is 0 Å². The molecular formula is C130H82N12O. The fourth-order valence-electron chi connectivity index (χ4n) is 21.5. The molecule has 0 fully saturated rings. The van der Waals surface area contributed by atoms with Crippen LogP contribution >= 0.6 is 0 Å². The summed E-state index contributed by atoms with van der Waals surface area (Å²) >= 11 is 0. The lowest BCUT2D eigenvalue weighted by Crippen LogP contribution is -1.98. The highest BCUT2D eigenvalue weighted by molar-refractivity contribution is 6.17. The van der Waals surface area contributed by atoms with E-state index in [1.54, 1.807) is 0 Å². The molecule has 0 N–H and O–H groups in total. The Morgan fingerprint density at radius 3 is 0.622 bits per heavy atom. The second kappa shape index (κ2) is 34.9. The van der Waals surface area contributed by atoms with E-state index in [0.29, 0.717) is 0 Å². The average molecular weight is 1830 g/mol. The zero-order valence-corrected chi connectivity index (χ0v) is 77.1. The summed E-state index contributed by atoms with van der Waals surface area (Å²) < 4.78 is 16.2. The highest BCUT2D eigenvalue weighted by Gasteiger charge is 2.26. The quantitative estimate of drug-likeness (QED) is 0.0926. The fourth-order valence-corrected chi connectivity index (χ4v) is 21.5. The van der Waals surface area contributed by atoms with Gasteiger partial charge >= 0.3 is 0 Å². The fraction of sp³-hybridized carbons (Fsp3) is 0. The molecule has 0 aliphatic rings. The van der Waals surface area contributed by atoms with Gasteiger partial charge in [0.05, 0.1) is 89.3 Å². The van der Waals surface area contributed by atoms with Gasteiger partial charge in [-0.3, -0.25) is 39.9 Å². The minimum absolute atomic E-state index is 0.822. The van der Waals surface area contributed by atoms with Crippen molar-refractivity contribution in [3.63, 3.8) is 0 Å².